The highest BCUT2D eigenvalue weighted by atomic mass is 15.2. The predicted molar refractivity (Wildman–Crippen MR) is 76.9 cm³/mol. The molecule has 0 radical (unpaired) electrons. The molecule has 1 aromatic rings. The van der Waals surface area contributed by atoms with E-state index in [0.717, 1.165) is 25.3 Å². The van der Waals surface area contributed by atoms with Crippen molar-refractivity contribution in [1.82, 2.24) is 4.98 Å². The summed E-state index contributed by atoms with van der Waals surface area (Å²) >= 11 is 0. The van der Waals surface area contributed by atoms with E-state index in [-0.39, 0.29) is 6.04 Å². The van der Waals surface area contributed by atoms with Crippen LogP contribution in [-0.4, -0.2) is 18.1 Å². The Morgan fingerprint density at radius 3 is 2.50 bits per heavy atom. The van der Waals surface area contributed by atoms with Crippen molar-refractivity contribution in [2.45, 2.75) is 52.0 Å². The summed E-state index contributed by atoms with van der Waals surface area (Å²) in [5, 5.41) is 0. The maximum atomic E-state index is 6.10. The number of anilines is 1. The molecule has 1 aliphatic rings. The molecule has 1 unspecified atom stereocenters. The number of hydrogen-bond acceptors (Lipinski definition) is 3. The number of pyridine rings is 1. The van der Waals surface area contributed by atoms with E-state index in [2.05, 4.69) is 29.8 Å². The number of aromatic nitrogens is 1. The van der Waals surface area contributed by atoms with Crippen LogP contribution in [0.1, 0.15) is 56.2 Å². The quantitative estimate of drug-likeness (QED) is 0.892. The maximum absolute atomic E-state index is 6.10. The fraction of sp³-hybridized carbons (Fsp3) is 0.667. The summed E-state index contributed by atoms with van der Waals surface area (Å²) in [5.41, 5.74) is 8.56. The fourth-order valence-corrected chi connectivity index (χ4v) is 2.63. The first-order chi connectivity index (χ1) is 8.72. The molecule has 1 fully saturated rings. The lowest BCUT2D eigenvalue weighted by atomic mass is 10.0. The number of nitrogens with zero attached hydrogens (tertiary/aromatic N) is 2. The van der Waals surface area contributed by atoms with Crippen molar-refractivity contribution in [1.29, 1.82) is 0 Å². The van der Waals surface area contributed by atoms with E-state index < -0.39 is 0 Å². The van der Waals surface area contributed by atoms with Crippen LogP contribution in [0.4, 0.5) is 5.82 Å². The van der Waals surface area contributed by atoms with Crippen molar-refractivity contribution in [2.75, 3.05) is 18.0 Å². The van der Waals surface area contributed by atoms with E-state index in [0.29, 0.717) is 0 Å². The third-order valence-electron chi connectivity index (χ3n) is 3.91. The molecular weight excluding hydrogens is 222 g/mol. The molecule has 0 spiro atoms. The summed E-state index contributed by atoms with van der Waals surface area (Å²) in [6.45, 7) is 6.55. The van der Waals surface area contributed by atoms with Gasteiger partial charge in [0.25, 0.3) is 0 Å². The van der Waals surface area contributed by atoms with Gasteiger partial charge in [0.15, 0.2) is 0 Å². The van der Waals surface area contributed by atoms with Crippen LogP contribution in [0, 0.1) is 6.92 Å². The highest BCUT2D eigenvalue weighted by molar-refractivity contribution is 5.44. The zero-order chi connectivity index (χ0) is 13.0. The van der Waals surface area contributed by atoms with Gasteiger partial charge in [0.2, 0.25) is 0 Å². The molecular formula is C15H25N3. The van der Waals surface area contributed by atoms with Crippen LogP contribution in [0.2, 0.25) is 0 Å². The van der Waals surface area contributed by atoms with Gasteiger partial charge in [-0.3, -0.25) is 0 Å². The van der Waals surface area contributed by atoms with Gasteiger partial charge in [-0.25, -0.2) is 4.98 Å². The first kappa shape index (κ1) is 13.3. The molecule has 0 bridgehead atoms. The first-order valence-electron chi connectivity index (χ1n) is 7.19. The number of aryl methyl sites for hydroxylation is 1. The Balaban J connectivity index is 2.16. The van der Waals surface area contributed by atoms with E-state index in [1.807, 2.05) is 6.20 Å². The van der Waals surface area contributed by atoms with E-state index >= 15 is 0 Å². The molecule has 1 aromatic heterocycles. The smallest absolute Gasteiger partial charge is 0.128 e. The molecule has 18 heavy (non-hydrogen) atoms. The zero-order valence-electron chi connectivity index (χ0n) is 11.7. The van der Waals surface area contributed by atoms with Crippen molar-refractivity contribution in [3.63, 3.8) is 0 Å². The standard InChI is InChI=1S/C15H25N3/c1-3-14(16)13-11-17-15(10-12(13)2)18-8-6-4-5-7-9-18/h10-11,14H,3-9,16H2,1-2H3. The van der Waals surface area contributed by atoms with Gasteiger partial charge in [0.1, 0.15) is 5.82 Å². The third kappa shape index (κ3) is 3.02. The summed E-state index contributed by atoms with van der Waals surface area (Å²) in [5.74, 6) is 1.13. The summed E-state index contributed by atoms with van der Waals surface area (Å²) in [7, 11) is 0. The molecule has 3 nitrogen and oxygen atoms in total. The fourth-order valence-electron chi connectivity index (χ4n) is 2.63. The van der Waals surface area contributed by atoms with Gasteiger partial charge in [-0.05, 0) is 43.4 Å². The molecule has 3 heteroatoms. The summed E-state index contributed by atoms with van der Waals surface area (Å²) in [4.78, 5) is 7.04. The molecule has 1 aliphatic heterocycles. The lowest BCUT2D eigenvalue weighted by Crippen LogP contribution is -2.25. The second-order valence-corrected chi connectivity index (χ2v) is 5.32. The number of hydrogen-bond donors (Lipinski definition) is 1. The molecule has 2 heterocycles. The van der Waals surface area contributed by atoms with Gasteiger partial charge < -0.3 is 10.6 Å². The van der Waals surface area contributed by atoms with E-state index in [1.54, 1.807) is 0 Å². The van der Waals surface area contributed by atoms with Gasteiger partial charge in [0, 0.05) is 25.3 Å². The topological polar surface area (TPSA) is 42.1 Å². The average molecular weight is 247 g/mol. The van der Waals surface area contributed by atoms with Gasteiger partial charge in [-0.1, -0.05) is 19.8 Å². The second-order valence-electron chi connectivity index (χ2n) is 5.32. The van der Waals surface area contributed by atoms with Crippen LogP contribution >= 0.6 is 0 Å². The molecule has 1 saturated heterocycles. The number of rotatable bonds is 3. The van der Waals surface area contributed by atoms with Crippen molar-refractivity contribution in [3.05, 3.63) is 23.4 Å². The Labute approximate surface area is 110 Å². The maximum Gasteiger partial charge on any atom is 0.128 e. The highest BCUT2D eigenvalue weighted by Crippen LogP contribution is 2.23. The Hall–Kier alpha value is -1.09. The second kappa shape index (κ2) is 6.19. The molecule has 2 rings (SSSR count). The molecule has 0 aliphatic carbocycles. The highest BCUT2D eigenvalue weighted by Gasteiger charge is 2.13. The summed E-state index contributed by atoms with van der Waals surface area (Å²) in [6.07, 6.45) is 8.23. The lowest BCUT2D eigenvalue weighted by molar-refractivity contribution is 0.688. The van der Waals surface area contributed by atoms with Crippen LogP contribution in [0.25, 0.3) is 0 Å². The van der Waals surface area contributed by atoms with Crippen LogP contribution in [-0.2, 0) is 0 Å². The largest absolute Gasteiger partial charge is 0.357 e. The van der Waals surface area contributed by atoms with Crippen molar-refractivity contribution < 1.29 is 0 Å². The molecule has 0 saturated carbocycles. The van der Waals surface area contributed by atoms with Crippen LogP contribution in [0.5, 0.6) is 0 Å². The van der Waals surface area contributed by atoms with Crippen molar-refractivity contribution >= 4 is 5.82 Å². The molecule has 2 N–H and O–H groups in total. The third-order valence-corrected chi connectivity index (χ3v) is 3.91. The van der Waals surface area contributed by atoms with Gasteiger partial charge in [-0.2, -0.15) is 0 Å². The molecule has 100 valence electrons. The van der Waals surface area contributed by atoms with Crippen LogP contribution in [0.3, 0.4) is 0 Å². The minimum atomic E-state index is 0.121. The van der Waals surface area contributed by atoms with E-state index in [9.17, 15) is 0 Å². The van der Waals surface area contributed by atoms with Crippen molar-refractivity contribution in [3.8, 4) is 0 Å². The van der Waals surface area contributed by atoms with Crippen LogP contribution < -0.4 is 10.6 Å². The first-order valence-corrected chi connectivity index (χ1v) is 7.19. The molecule has 1 atom stereocenters. The Morgan fingerprint density at radius 2 is 1.94 bits per heavy atom. The Morgan fingerprint density at radius 1 is 1.28 bits per heavy atom. The average Bonchev–Trinajstić information content (AvgIpc) is 2.66. The van der Waals surface area contributed by atoms with E-state index in [4.69, 9.17) is 5.73 Å². The minimum absolute atomic E-state index is 0.121. The minimum Gasteiger partial charge on any atom is -0.357 e. The van der Waals surface area contributed by atoms with Crippen molar-refractivity contribution in [2.24, 2.45) is 5.73 Å². The molecule has 0 aromatic carbocycles. The SMILES string of the molecule is CCC(N)c1cnc(N2CCCCCC2)cc1C. The number of nitrogens with two attached hydrogens (primary N) is 1. The summed E-state index contributed by atoms with van der Waals surface area (Å²) < 4.78 is 0. The van der Waals surface area contributed by atoms with Gasteiger partial charge in [-0.15, -0.1) is 0 Å². The van der Waals surface area contributed by atoms with Gasteiger partial charge in [0.05, 0.1) is 0 Å². The lowest BCUT2D eigenvalue weighted by Gasteiger charge is -2.23. The summed E-state index contributed by atoms with van der Waals surface area (Å²) in [6, 6.07) is 2.33. The Kier molecular flexibility index (Phi) is 4.59. The molecule has 0 amide bonds. The zero-order valence-corrected chi connectivity index (χ0v) is 11.7. The monoisotopic (exact) mass is 247 g/mol. The predicted octanol–water partition coefficient (Wildman–Crippen LogP) is 3.18. The van der Waals surface area contributed by atoms with E-state index in [1.165, 1.54) is 36.8 Å². The van der Waals surface area contributed by atoms with Gasteiger partial charge >= 0.3 is 0 Å². The van der Waals surface area contributed by atoms with Crippen LogP contribution in [0.15, 0.2) is 12.3 Å². The Bertz CT molecular complexity index is 381. The normalized spacial score (nSPS) is 18.5.